The Morgan fingerprint density at radius 2 is 2.04 bits per heavy atom. The number of H-pyrrole nitrogens is 1. The minimum atomic E-state index is -2.62. The van der Waals surface area contributed by atoms with Crippen molar-refractivity contribution in [3.8, 4) is 5.88 Å². The van der Waals surface area contributed by atoms with Crippen LogP contribution in [0.25, 0.3) is 10.9 Å². The summed E-state index contributed by atoms with van der Waals surface area (Å²) < 4.78 is 35.6. The standard InChI is InChI=1S/C14H15BrClNO8/c15-14(6-18)12(25-16(21)22)11(10(19)13(20)24-14)23-9-5-7-3-1-2-4-8(7)17-9/h1-5,10-13,17-20H,6H2/t10-,11-,12-,13-,14-/m1/s1. The van der Waals surface area contributed by atoms with Gasteiger partial charge in [-0.1, -0.05) is 18.2 Å². The van der Waals surface area contributed by atoms with Crippen molar-refractivity contribution in [1.82, 2.24) is 4.98 Å². The predicted molar refractivity (Wildman–Crippen MR) is 79.4 cm³/mol. The van der Waals surface area contributed by atoms with Gasteiger partial charge in [0.15, 0.2) is 22.8 Å². The lowest BCUT2D eigenvalue weighted by Crippen LogP contribution is -2.67. The van der Waals surface area contributed by atoms with E-state index >= 15 is 0 Å². The largest absolute Gasteiger partial charge is 0.469 e. The van der Waals surface area contributed by atoms with Crippen LogP contribution in [0.1, 0.15) is 0 Å². The van der Waals surface area contributed by atoms with Gasteiger partial charge in [-0.25, -0.2) is 0 Å². The average Bonchev–Trinajstić information content (AvgIpc) is 2.98. The number of halogens is 2. The number of alkyl halides is 1. The summed E-state index contributed by atoms with van der Waals surface area (Å²) >= 11 is 3.01. The molecule has 138 valence electrons. The fourth-order valence-electron chi connectivity index (χ4n) is 2.64. The molecule has 0 bridgehead atoms. The third kappa shape index (κ3) is 3.77. The van der Waals surface area contributed by atoms with Crippen LogP contribution in [0.5, 0.6) is 5.88 Å². The number of rotatable bonds is 5. The van der Waals surface area contributed by atoms with Crippen LogP contribution in [0.2, 0.25) is 0 Å². The maximum atomic E-state index is 11.0. The lowest BCUT2D eigenvalue weighted by Gasteiger charge is -2.43. The van der Waals surface area contributed by atoms with E-state index in [0.29, 0.717) is 0 Å². The first kappa shape index (κ1) is 18.8. The van der Waals surface area contributed by atoms with Crippen molar-refractivity contribution in [2.75, 3.05) is 6.61 Å². The molecule has 5 atom stereocenters. The summed E-state index contributed by atoms with van der Waals surface area (Å²) in [6, 6.07) is 8.91. The van der Waals surface area contributed by atoms with Gasteiger partial charge >= 0.3 is 0 Å². The summed E-state index contributed by atoms with van der Waals surface area (Å²) in [5.74, 6) is 0.216. The minimum absolute atomic E-state index is 0.216. The van der Waals surface area contributed by atoms with Gasteiger partial charge in [0, 0.05) is 21.3 Å². The van der Waals surface area contributed by atoms with Crippen LogP contribution >= 0.6 is 15.9 Å². The monoisotopic (exact) mass is 439 g/mol. The fraction of sp³-hybridized carbons (Fsp3) is 0.429. The number of hydrogen-bond acceptors (Lipinski definition) is 8. The summed E-state index contributed by atoms with van der Waals surface area (Å²) in [5, 5.41) is 30.4. The highest BCUT2D eigenvalue weighted by molar-refractivity contribution is 9.10. The van der Waals surface area contributed by atoms with Crippen molar-refractivity contribution >= 4 is 26.8 Å². The van der Waals surface area contributed by atoms with E-state index in [4.69, 9.17) is 13.8 Å². The number of aliphatic hydroxyl groups excluding tert-OH is 3. The highest BCUT2D eigenvalue weighted by atomic mass is 79.9. The normalized spacial score (nSPS) is 33.1. The van der Waals surface area contributed by atoms with E-state index in [2.05, 4.69) is 20.9 Å². The molecule has 4 N–H and O–H groups in total. The van der Waals surface area contributed by atoms with E-state index in [1.807, 2.05) is 18.2 Å². The topological polar surface area (TPSA) is 150 Å². The third-order valence-electron chi connectivity index (χ3n) is 3.82. The molecule has 2 heterocycles. The maximum Gasteiger partial charge on any atom is 0.286 e. The molecule has 0 saturated carbocycles. The van der Waals surface area contributed by atoms with Crippen LogP contribution in [-0.2, 0) is 9.03 Å². The molecule has 1 aromatic carbocycles. The molecule has 1 aromatic heterocycles. The van der Waals surface area contributed by atoms with E-state index in [1.165, 1.54) is 0 Å². The molecule has 1 aliphatic heterocycles. The highest BCUT2D eigenvalue weighted by Crippen LogP contribution is 2.38. The Balaban J connectivity index is 1.93. The number of para-hydroxylation sites is 1. The number of aliphatic hydroxyl groups is 3. The summed E-state index contributed by atoms with van der Waals surface area (Å²) in [5.41, 5.74) is 0.759. The predicted octanol–water partition coefficient (Wildman–Crippen LogP) is -1.82. The van der Waals surface area contributed by atoms with Crippen molar-refractivity contribution in [3.05, 3.63) is 30.3 Å². The van der Waals surface area contributed by atoms with E-state index in [9.17, 15) is 24.6 Å². The molecule has 1 saturated heterocycles. The summed E-state index contributed by atoms with van der Waals surface area (Å²) in [6.45, 7) is -0.751. The summed E-state index contributed by atoms with van der Waals surface area (Å²) in [6.07, 6.45) is -6.23. The van der Waals surface area contributed by atoms with Crippen LogP contribution in [0.3, 0.4) is 0 Å². The average molecular weight is 441 g/mol. The molecule has 1 aliphatic rings. The molecule has 11 heteroatoms. The summed E-state index contributed by atoms with van der Waals surface area (Å²) in [7, 11) is -2.62. The van der Waals surface area contributed by atoms with Gasteiger partial charge in [0.25, 0.3) is 16.9 Å². The third-order valence-corrected chi connectivity index (χ3v) is 5.05. The van der Waals surface area contributed by atoms with Crippen molar-refractivity contribution in [3.63, 3.8) is 0 Å². The lowest BCUT2D eigenvalue weighted by atomic mass is 9.99. The number of hydrogen-bond donors (Lipinski definition) is 4. The van der Waals surface area contributed by atoms with Gasteiger partial charge in [0.05, 0.1) is 6.61 Å². The SMILES string of the molecule is [O-][Cl+2]([O-])O[C@@H]1[C@H](Oc2cc3ccccc3[nH]2)[C@@H](O)[C@H](O)O[C@]1(Br)CO. The number of benzene rings is 1. The van der Waals surface area contributed by atoms with Crippen molar-refractivity contribution in [1.29, 1.82) is 0 Å². The Labute approximate surface area is 153 Å². The number of nitrogens with one attached hydrogen (secondary N) is 1. The van der Waals surface area contributed by atoms with Crippen LogP contribution < -0.4 is 14.1 Å². The Hall–Kier alpha value is -0.950. The zero-order chi connectivity index (χ0) is 18.2. The molecule has 2 aromatic rings. The zero-order valence-electron chi connectivity index (χ0n) is 12.5. The van der Waals surface area contributed by atoms with Crippen LogP contribution in [-0.4, -0.2) is 56.0 Å². The van der Waals surface area contributed by atoms with Gasteiger partial charge in [-0.05, 0) is 22.0 Å². The number of aromatic amines is 1. The lowest BCUT2D eigenvalue weighted by molar-refractivity contribution is -1.63. The highest BCUT2D eigenvalue weighted by Gasteiger charge is 2.60. The fourth-order valence-corrected chi connectivity index (χ4v) is 3.69. The Bertz CT molecular complexity index is 697. The Morgan fingerprint density at radius 3 is 2.68 bits per heavy atom. The quantitative estimate of drug-likeness (QED) is 0.397. The second-order valence-electron chi connectivity index (χ2n) is 5.45. The summed E-state index contributed by atoms with van der Waals surface area (Å²) in [4.78, 5) is 2.95. The molecule has 9 nitrogen and oxygen atoms in total. The molecule has 0 amide bonds. The van der Waals surface area contributed by atoms with Gasteiger partial charge in [-0.15, -0.1) is 0 Å². The van der Waals surface area contributed by atoms with Crippen LogP contribution in [0.15, 0.2) is 30.3 Å². The van der Waals surface area contributed by atoms with Crippen LogP contribution in [0, 0.1) is 10.8 Å². The molecule has 0 unspecified atom stereocenters. The number of ether oxygens (including phenoxy) is 2. The second-order valence-corrected chi connectivity index (χ2v) is 7.34. The zero-order valence-corrected chi connectivity index (χ0v) is 14.9. The molecule has 1 fully saturated rings. The van der Waals surface area contributed by atoms with Gasteiger partial charge in [-0.3, -0.25) is 0 Å². The second kappa shape index (κ2) is 7.35. The van der Waals surface area contributed by atoms with Crippen LogP contribution in [0.4, 0.5) is 0 Å². The first-order valence-corrected chi connectivity index (χ1v) is 8.87. The molecule has 3 rings (SSSR count). The Kier molecular flexibility index (Phi) is 5.54. The molecule has 0 spiro atoms. The van der Waals surface area contributed by atoms with E-state index in [1.54, 1.807) is 12.1 Å². The molecule has 0 aliphatic carbocycles. The number of fused-ring (bicyclic) bond motifs is 1. The molecular weight excluding hydrogens is 426 g/mol. The smallest absolute Gasteiger partial charge is 0.286 e. The van der Waals surface area contributed by atoms with Crippen molar-refractivity contribution < 1.29 is 49.2 Å². The first-order chi connectivity index (χ1) is 11.8. The van der Waals surface area contributed by atoms with Gasteiger partial charge in [0.2, 0.25) is 0 Å². The number of aromatic nitrogens is 1. The molecular formula is C14H15BrClNO8. The van der Waals surface area contributed by atoms with Gasteiger partial charge in [0.1, 0.15) is 6.10 Å². The molecule has 25 heavy (non-hydrogen) atoms. The van der Waals surface area contributed by atoms with Gasteiger partial charge in [-0.2, -0.15) is 0 Å². The first-order valence-electron chi connectivity index (χ1n) is 7.15. The molecule has 0 radical (unpaired) electrons. The van der Waals surface area contributed by atoms with Crippen molar-refractivity contribution in [2.45, 2.75) is 29.1 Å². The Morgan fingerprint density at radius 1 is 1.32 bits per heavy atom. The van der Waals surface area contributed by atoms with E-state index in [0.717, 1.165) is 10.9 Å². The van der Waals surface area contributed by atoms with E-state index in [-0.39, 0.29) is 5.88 Å². The van der Waals surface area contributed by atoms with E-state index < -0.39 is 46.5 Å². The maximum absolute atomic E-state index is 11.0. The van der Waals surface area contributed by atoms with Gasteiger partial charge < -0.3 is 39.1 Å². The van der Waals surface area contributed by atoms with Crippen molar-refractivity contribution in [2.24, 2.45) is 0 Å². The minimum Gasteiger partial charge on any atom is -0.469 e.